The number of aryl methyl sites for hydroxylation is 2. The molecule has 23 heavy (non-hydrogen) atoms. The number of aromatic nitrogens is 2. The van der Waals surface area contributed by atoms with E-state index in [2.05, 4.69) is 22.4 Å². The van der Waals surface area contributed by atoms with Gasteiger partial charge in [-0.3, -0.25) is 9.59 Å². The summed E-state index contributed by atoms with van der Waals surface area (Å²) in [5.74, 6) is 0.611. The summed E-state index contributed by atoms with van der Waals surface area (Å²) in [4.78, 5) is 26.3. The van der Waals surface area contributed by atoms with Gasteiger partial charge in [0.2, 0.25) is 11.8 Å². The van der Waals surface area contributed by atoms with Crippen LogP contribution in [0.3, 0.4) is 0 Å². The van der Waals surface area contributed by atoms with E-state index in [9.17, 15) is 9.59 Å². The lowest BCUT2D eigenvalue weighted by atomic mass is 10.1. The van der Waals surface area contributed by atoms with Crippen molar-refractivity contribution in [2.75, 3.05) is 6.54 Å². The molecule has 0 radical (unpaired) electrons. The fraction of sp³-hybridized carbons (Fsp3) is 0.750. The van der Waals surface area contributed by atoms with Gasteiger partial charge < -0.3 is 14.9 Å². The molecule has 1 aromatic rings. The van der Waals surface area contributed by atoms with Gasteiger partial charge in [-0.15, -0.1) is 0 Å². The van der Waals surface area contributed by atoms with Crippen molar-refractivity contribution in [1.82, 2.24) is 15.5 Å². The van der Waals surface area contributed by atoms with Gasteiger partial charge in [0, 0.05) is 32.2 Å². The van der Waals surface area contributed by atoms with Crippen LogP contribution in [0.5, 0.6) is 0 Å². The van der Waals surface area contributed by atoms with Crippen LogP contribution in [0, 0.1) is 0 Å². The number of amides is 1. The Labute approximate surface area is 136 Å². The summed E-state index contributed by atoms with van der Waals surface area (Å²) in [5.41, 5.74) is 0. The molecule has 0 aliphatic heterocycles. The molecule has 7 nitrogen and oxygen atoms in total. The molecule has 1 amide bonds. The summed E-state index contributed by atoms with van der Waals surface area (Å²) in [6, 6.07) is 0. The standard InChI is InChI=1S/C16H27N3O4/c1-2-8-13-18-15(23-19-13)10-7-9-14(20)17-12-6-4-3-5-11-16(21)22/h2-12H2,1H3,(H,17,20)(H,21,22). The van der Waals surface area contributed by atoms with Crippen molar-refractivity contribution in [1.29, 1.82) is 0 Å². The predicted molar refractivity (Wildman–Crippen MR) is 85.0 cm³/mol. The zero-order valence-corrected chi connectivity index (χ0v) is 13.8. The topological polar surface area (TPSA) is 105 Å². The van der Waals surface area contributed by atoms with Crippen molar-refractivity contribution < 1.29 is 19.2 Å². The van der Waals surface area contributed by atoms with Gasteiger partial charge in [0.05, 0.1) is 0 Å². The molecule has 0 unspecified atom stereocenters. The van der Waals surface area contributed by atoms with Gasteiger partial charge in [0.15, 0.2) is 5.82 Å². The third-order valence-corrected chi connectivity index (χ3v) is 3.42. The van der Waals surface area contributed by atoms with Crippen molar-refractivity contribution in [2.45, 2.75) is 71.1 Å². The number of hydrogen-bond acceptors (Lipinski definition) is 5. The molecule has 2 N–H and O–H groups in total. The summed E-state index contributed by atoms with van der Waals surface area (Å²) >= 11 is 0. The van der Waals surface area contributed by atoms with E-state index >= 15 is 0 Å². The number of carbonyl (C=O) groups is 2. The maximum Gasteiger partial charge on any atom is 0.303 e. The molecule has 0 saturated carbocycles. The Morgan fingerprint density at radius 1 is 1.09 bits per heavy atom. The third-order valence-electron chi connectivity index (χ3n) is 3.42. The first-order valence-corrected chi connectivity index (χ1v) is 8.41. The highest BCUT2D eigenvalue weighted by atomic mass is 16.5. The summed E-state index contributed by atoms with van der Waals surface area (Å²) in [5, 5.41) is 15.3. The van der Waals surface area contributed by atoms with Crippen LogP contribution in [-0.2, 0) is 22.4 Å². The molecule has 0 atom stereocenters. The van der Waals surface area contributed by atoms with E-state index in [-0.39, 0.29) is 12.3 Å². The van der Waals surface area contributed by atoms with Crippen LogP contribution in [0.2, 0.25) is 0 Å². The number of aliphatic carboxylic acids is 1. The molecule has 130 valence electrons. The van der Waals surface area contributed by atoms with Crippen molar-refractivity contribution >= 4 is 11.9 Å². The Hall–Kier alpha value is -1.92. The Morgan fingerprint density at radius 2 is 1.87 bits per heavy atom. The highest BCUT2D eigenvalue weighted by Crippen LogP contribution is 2.05. The van der Waals surface area contributed by atoms with E-state index in [1.54, 1.807) is 0 Å². The average Bonchev–Trinajstić information content (AvgIpc) is 2.94. The largest absolute Gasteiger partial charge is 0.481 e. The number of nitrogens with zero attached hydrogens (tertiary/aromatic N) is 2. The monoisotopic (exact) mass is 325 g/mol. The average molecular weight is 325 g/mol. The smallest absolute Gasteiger partial charge is 0.303 e. The van der Waals surface area contributed by atoms with E-state index in [0.29, 0.717) is 38.1 Å². The first kappa shape index (κ1) is 19.1. The van der Waals surface area contributed by atoms with Crippen molar-refractivity contribution in [3.8, 4) is 0 Å². The van der Waals surface area contributed by atoms with Gasteiger partial charge in [-0.05, 0) is 25.7 Å². The molecule has 0 fully saturated rings. The second-order valence-corrected chi connectivity index (χ2v) is 5.62. The molecular weight excluding hydrogens is 298 g/mol. The summed E-state index contributed by atoms with van der Waals surface area (Å²) < 4.78 is 5.12. The van der Waals surface area contributed by atoms with Crippen molar-refractivity contribution in [2.24, 2.45) is 0 Å². The van der Waals surface area contributed by atoms with Crippen LogP contribution in [0.1, 0.15) is 70.0 Å². The number of carboxylic acid groups (broad SMARTS) is 1. The highest BCUT2D eigenvalue weighted by Gasteiger charge is 2.07. The second-order valence-electron chi connectivity index (χ2n) is 5.62. The van der Waals surface area contributed by atoms with Gasteiger partial charge in [-0.2, -0.15) is 4.98 Å². The van der Waals surface area contributed by atoms with Crippen LogP contribution in [-0.4, -0.2) is 33.7 Å². The molecule has 0 saturated heterocycles. The fourth-order valence-corrected chi connectivity index (χ4v) is 2.19. The highest BCUT2D eigenvalue weighted by molar-refractivity contribution is 5.75. The van der Waals surface area contributed by atoms with Gasteiger partial charge >= 0.3 is 5.97 Å². The van der Waals surface area contributed by atoms with Gasteiger partial charge in [-0.25, -0.2) is 0 Å². The normalized spacial score (nSPS) is 10.7. The van der Waals surface area contributed by atoms with E-state index in [0.717, 1.165) is 37.9 Å². The summed E-state index contributed by atoms with van der Waals surface area (Å²) in [6.07, 6.45) is 7.20. The zero-order chi connectivity index (χ0) is 16.9. The molecule has 1 aromatic heterocycles. The van der Waals surface area contributed by atoms with E-state index in [4.69, 9.17) is 9.63 Å². The second kappa shape index (κ2) is 11.6. The zero-order valence-electron chi connectivity index (χ0n) is 13.8. The van der Waals surface area contributed by atoms with Crippen molar-refractivity contribution in [3.63, 3.8) is 0 Å². The SMILES string of the molecule is CCCc1noc(CCCC(=O)NCCCCCCC(=O)O)n1. The number of unbranched alkanes of at least 4 members (excludes halogenated alkanes) is 3. The quantitative estimate of drug-likeness (QED) is 0.540. The van der Waals surface area contributed by atoms with Crippen molar-refractivity contribution in [3.05, 3.63) is 11.7 Å². The van der Waals surface area contributed by atoms with E-state index in [1.807, 2.05) is 0 Å². The van der Waals surface area contributed by atoms with Crippen LogP contribution in [0.15, 0.2) is 4.52 Å². The Balaban J connectivity index is 1.98. The lowest BCUT2D eigenvalue weighted by molar-refractivity contribution is -0.137. The third kappa shape index (κ3) is 9.65. The van der Waals surface area contributed by atoms with Gasteiger partial charge in [0.25, 0.3) is 0 Å². The minimum atomic E-state index is -0.749. The minimum absolute atomic E-state index is 0.0313. The molecule has 1 heterocycles. The van der Waals surface area contributed by atoms with E-state index in [1.165, 1.54) is 0 Å². The van der Waals surface area contributed by atoms with Gasteiger partial charge in [-0.1, -0.05) is 24.9 Å². The summed E-state index contributed by atoms with van der Waals surface area (Å²) in [6.45, 7) is 2.71. The number of carbonyl (C=O) groups excluding carboxylic acids is 1. The maximum absolute atomic E-state index is 11.7. The van der Waals surface area contributed by atoms with Crippen LogP contribution in [0.4, 0.5) is 0 Å². The van der Waals surface area contributed by atoms with Crippen LogP contribution >= 0.6 is 0 Å². The Bertz CT molecular complexity index is 474. The van der Waals surface area contributed by atoms with Crippen LogP contribution < -0.4 is 5.32 Å². The number of nitrogens with one attached hydrogen (secondary N) is 1. The molecule has 0 bridgehead atoms. The first-order chi connectivity index (χ1) is 11.1. The van der Waals surface area contributed by atoms with Gasteiger partial charge in [0.1, 0.15) is 0 Å². The Kier molecular flexibility index (Phi) is 9.66. The molecule has 7 heteroatoms. The minimum Gasteiger partial charge on any atom is -0.481 e. The fourth-order valence-electron chi connectivity index (χ4n) is 2.19. The number of rotatable bonds is 13. The summed E-state index contributed by atoms with van der Waals surface area (Å²) in [7, 11) is 0. The first-order valence-electron chi connectivity index (χ1n) is 8.41. The number of carboxylic acids is 1. The number of hydrogen-bond donors (Lipinski definition) is 2. The lowest BCUT2D eigenvalue weighted by Gasteiger charge is -2.04. The predicted octanol–water partition coefficient (Wildman–Crippen LogP) is 2.50. The van der Waals surface area contributed by atoms with E-state index < -0.39 is 5.97 Å². The lowest BCUT2D eigenvalue weighted by Crippen LogP contribution is -2.24. The molecule has 0 spiro atoms. The molecule has 0 aliphatic carbocycles. The van der Waals surface area contributed by atoms with Crippen LogP contribution in [0.25, 0.3) is 0 Å². The maximum atomic E-state index is 11.7. The molecule has 0 aliphatic rings. The molecule has 1 rings (SSSR count). The molecular formula is C16H27N3O4. The molecule has 0 aromatic carbocycles. The Morgan fingerprint density at radius 3 is 2.61 bits per heavy atom.